The Morgan fingerprint density at radius 2 is 1.93 bits per heavy atom. The summed E-state index contributed by atoms with van der Waals surface area (Å²) in [5.41, 5.74) is -0.598. The molecule has 0 aliphatic heterocycles. The zero-order chi connectivity index (χ0) is 19.4. The van der Waals surface area contributed by atoms with Crippen LogP contribution in [0.4, 0.5) is 10.1 Å². The number of carbonyl (C=O) groups is 2. The van der Waals surface area contributed by atoms with E-state index in [1.54, 1.807) is 19.1 Å². The Morgan fingerprint density at radius 3 is 2.52 bits per heavy atom. The molecule has 4 aliphatic carbocycles. The quantitative estimate of drug-likeness (QED) is 0.792. The van der Waals surface area contributed by atoms with Crippen molar-refractivity contribution in [2.45, 2.75) is 64.1 Å². The van der Waals surface area contributed by atoms with Crippen molar-refractivity contribution >= 4 is 17.6 Å². The number of benzene rings is 1. The van der Waals surface area contributed by atoms with Gasteiger partial charge in [-0.2, -0.15) is 0 Å². The minimum absolute atomic E-state index is 0.329. The van der Waals surface area contributed by atoms with Gasteiger partial charge >= 0.3 is 5.97 Å². The third kappa shape index (κ3) is 3.35. The highest BCUT2D eigenvalue weighted by Gasteiger charge is 2.61. The first-order chi connectivity index (χ1) is 12.7. The largest absolute Gasteiger partial charge is 0.452 e. The maximum Gasteiger partial charge on any atom is 0.312 e. The van der Waals surface area contributed by atoms with Crippen LogP contribution in [0, 0.1) is 30.0 Å². The topological polar surface area (TPSA) is 75.6 Å². The Bertz CT molecular complexity index is 778. The maximum absolute atomic E-state index is 13.6. The SMILES string of the molecule is Cc1ccc(NC(=O)[C@@H](C)OC(=O)C23C[C@@H]4C[C@@H](CC(O)(C4)C2)C3)cc1F. The van der Waals surface area contributed by atoms with Crippen molar-refractivity contribution in [2.75, 3.05) is 5.32 Å². The minimum Gasteiger partial charge on any atom is -0.452 e. The van der Waals surface area contributed by atoms with Crippen LogP contribution in [0.3, 0.4) is 0 Å². The molecule has 2 unspecified atom stereocenters. The molecule has 0 radical (unpaired) electrons. The lowest BCUT2D eigenvalue weighted by atomic mass is 9.48. The molecule has 5 atom stereocenters. The summed E-state index contributed by atoms with van der Waals surface area (Å²) >= 11 is 0. The highest BCUT2D eigenvalue weighted by Crippen LogP contribution is 2.62. The fourth-order valence-corrected chi connectivity index (χ4v) is 5.71. The van der Waals surface area contributed by atoms with Gasteiger partial charge < -0.3 is 15.2 Å². The van der Waals surface area contributed by atoms with Crippen LogP contribution in [-0.4, -0.2) is 28.7 Å². The van der Waals surface area contributed by atoms with Crippen LogP contribution in [0.15, 0.2) is 18.2 Å². The fraction of sp³-hybridized carbons (Fsp3) is 0.619. The van der Waals surface area contributed by atoms with Crippen LogP contribution >= 0.6 is 0 Å². The lowest BCUT2D eigenvalue weighted by Crippen LogP contribution is -2.59. The number of carbonyl (C=O) groups excluding carboxylic acids is 2. The number of rotatable bonds is 4. The van der Waals surface area contributed by atoms with Crippen LogP contribution in [0.1, 0.15) is 51.0 Å². The summed E-state index contributed by atoms with van der Waals surface area (Å²) in [5.74, 6) is -0.547. The minimum atomic E-state index is -0.982. The zero-order valence-electron chi connectivity index (χ0n) is 15.8. The number of aryl methyl sites for hydroxylation is 1. The average molecular weight is 375 g/mol. The summed E-state index contributed by atoms with van der Waals surface area (Å²) < 4.78 is 19.2. The van der Waals surface area contributed by atoms with Gasteiger partial charge in [0.15, 0.2) is 6.10 Å². The number of halogens is 1. The van der Waals surface area contributed by atoms with Crippen molar-refractivity contribution in [1.82, 2.24) is 0 Å². The van der Waals surface area contributed by atoms with Crippen molar-refractivity contribution in [3.63, 3.8) is 0 Å². The zero-order valence-corrected chi connectivity index (χ0v) is 15.8. The second-order valence-electron chi connectivity index (χ2n) is 8.97. The van der Waals surface area contributed by atoms with E-state index < -0.39 is 28.8 Å². The predicted molar refractivity (Wildman–Crippen MR) is 97.4 cm³/mol. The van der Waals surface area contributed by atoms with Crippen LogP contribution in [-0.2, 0) is 14.3 Å². The lowest BCUT2D eigenvalue weighted by molar-refractivity contribution is -0.199. The summed E-state index contributed by atoms with van der Waals surface area (Å²) in [6, 6.07) is 4.44. The van der Waals surface area contributed by atoms with E-state index in [4.69, 9.17) is 4.74 Å². The van der Waals surface area contributed by atoms with Gasteiger partial charge in [0.05, 0.1) is 11.0 Å². The second kappa shape index (κ2) is 6.30. The molecule has 5 nitrogen and oxygen atoms in total. The fourth-order valence-electron chi connectivity index (χ4n) is 5.71. The third-order valence-electron chi connectivity index (χ3n) is 6.56. The lowest BCUT2D eigenvalue weighted by Gasteiger charge is -2.58. The van der Waals surface area contributed by atoms with Gasteiger partial charge in [-0.3, -0.25) is 9.59 Å². The monoisotopic (exact) mass is 375 g/mol. The van der Waals surface area contributed by atoms with Crippen molar-refractivity contribution in [3.8, 4) is 0 Å². The van der Waals surface area contributed by atoms with E-state index >= 15 is 0 Å². The van der Waals surface area contributed by atoms with Crippen LogP contribution in [0.5, 0.6) is 0 Å². The molecule has 0 saturated heterocycles. The first-order valence-corrected chi connectivity index (χ1v) is 9.69. The number of anilines is 1. The number of esters is 1. The molecule has 4 bridgehead atoms. The van der Waals surface area contributed by atoms with Gasteiger partial charge in [-0.15, -0.1) is 0 Å². The normalized spacial score (nSPS) is 35.0. The van der Waals surface area contributed by atoms with Crippen LogP contribution in [0.2, 0.25) is 0 Å². The smallest absolute Gasteiger partial charge is 0.312 e. The highest BCUT2D eigenvalue weighted by molar-refractivity contribution is 5.95. The van der Waals surface area contributed by atoms with Crippen molar-refractivity contribution in [1.29, 1.82) is 0 Å². The summed E-state index contributed by atoms with van der Waals surface area (Å²) in [6.45, 7) is 3.16. The molecule has 27 heavy (non-hydrogen) atoms. The molecular formula is C21H26FNO4. The molecule has 2 N–H and O–H groups in total. The van der Waals surface area contributed by atoms with E-state index in [2.05, 4.69) is 5.32 Å². The molecule has 1 aromatic carbocycles. The van der Waals surface area contributed by atoms with Gasteiger partial charge in [-0.05, 0) is 81.9 Å². The number of ether oxygens (including phenoxy) is 1. The summed E-state index contributed by atoms with van der Waals surface area (Å²) in [6.07, 6.45) is 3.55. The van der Waals surface area contributed by atoms with Gasteiger partial charge in [0.25, 0.3) is 5.91 Å². The standard InChI is InChI=1S/C21H26FNO4/c1-12-3-4-16(6-17(12)22)23-18(24)13(2)27-19(25)20-7-14-5-15(8-20)10-21(26,9-14)11-20/h3-4,6,13-15,26H,5,7-11H2,1-2H3,(H,23,24)/t13-,14-,15+,20?,21?/m1/s1. The molecule has 0 aromatic heterocycles. The van der Waals surface area contributed by atoms with Crippen molar-refractivity contribution < 1.29 is 23.8 Å². The number of aliphatic hydroxyl groups is 1. The number of hydrogen-bond acceptors (Lipinski definition) is 4. The van der Waals surface area contributed by atoms with Crippen LogP contribution < -0.4 is 5.32 Å². The maximum atomic E-state index is 13.6. The molecule has 4 aliphatic rings. The van der Waals surface area contributed by atoms with Crippen molar-refractivity contribution in [3.05, 3.63) is 29.6 Å². The first-order valence-electron chi connectivity index (χ1n) is 9.69. The van der Waals surface area contributed by atoms with Crippen molar-refractivity contribution in [2.24, 2.45) is 17.3 Å². The number of hydrogen-bond donors (Lipinski definition) is 2. The van der Waals surface area contributed by atoms with E-state index in [1.165, 1.54) is 13.0 Å². The van der Waals surface area contributed by atoms with E-state index in [0.29, 0.717) is 29.5 Å². The van der Waals surface area contributed by atoms with E-state index in [9.17, 15) is 19.1 Å². The third-order valence-corrected chi connectivity index (χ3v) is 6.56. The van der Waals surface area contributed by atoms with Gasteiger partial charge in [0.1, 0.15) is 5.82 Å². The summed E-state index contributed by atoms with van der Waals surface area (Å²) in [7, 11) is 0. The molecule has 146 valence electrons. The molecule has 0 heterocycles. The Hall–Kier alpha value is -1.95. The second-order valence-corrected chi connectivity index (χ2v) is 8.97. The molecule has 6 heteroatoms. The van der Waals surface area contributed by atoms with E-state index in [0.717, 1.165) is 32.1 Å². The summed E-state index contributed by atoms with van der Waals surface area (Å²) in [5, 5.41) is 13.4. The van der Waals surface area contributed by atoms with Gasteiger partial charge in [-0.25, -0.2) is 4.39 Å². The van der Waals surface area contributed by atoms with Gasteiger partial charge in [-0.1, -0.05) is 6.07 Å². The Morgan fingerprint density at radius 1 is 1.26 bits per heavy atom. The highest BCUT2D eigenvalue weighted by atomic mass is 19.1. The molecule has 1 aromatic rings. The van der Waals surface area contributed by atoms with Gasteiger partial charge in [0, 0.05) is 5.69 Å². The molecule has 5 rings (SSSR count). The van der Waals surface area contributed by atoms with Gasteiger partial charge in [0.2, 0.25) is 0 Å². The van der Waals surface area contributed by atoms with E-state index in [-0.39, 0.29) is 5.97 Å². The van der Waals surface area contributed by atoms with Crippen LogP contribution in [0.25, 0.3) is 0 Å². The number of nitrogens with one attached hydrogen (secondary N) is 1. The predicted octanol–water partition coefficient (Wildman–Crippen LogP) is 3.34. The molecule has 4 saturated carbocycles. The molecule has 0 spiro atoms. The first kappa shape index (κ1) is 18.4. The Kier molecular flexibility index (Phi) is 4.29. The Balaban J connectivity index is 1.42. The van der Waals surface area contributed by atoms with E-state index in [1.807, 2.05) is 0 Å². The number of amides is 1. The summed E-state index contributed by atoms with van der Waals surface area (Å²) in [4.78, 5) is 25.3. The molecular weight excluding hydrogens is 349 g/mol. The Labute approximate surface area is 158 Å². The molecule has 1 amide bonds. The average Bonchev–Trinajstić information content (AvgIpc) is 2.55. The molecule has 4 fully saturated rings.